The van der Waals surface area contributed by atoms with E-state index in [1.165, 1.54) is 0 Å². The summed E-state index contributed by atoms with van der Waals surface area (Å²) in [6.45, 7) is 0.235. The van der Waals surface area contributed by atoms with Crippen LogP contribution in [-0.2, 0) is 6.61 Å². The van der Waals surface area contributed by atoms with Crippen molar-refractivity contribution in [3.8, 4) is 5.75 Å². The molecule has 65 valence electrons. The number of hydrogen-bond donors (Lipinski definition) is 2. The average Bonchev–Trinajstić information content (AvgIpc) is 2.15. The second-order valence-corrected chi connectivity index (χ2v) is 2.31. The molecule has 0 atom stereocenters. The van der Waals surface area contributed by atoms with E-state index in [2.05, 4.69) is 6.07 Å². The lowest BCUT2D eigenvalue weighted by molar-refractivity contribution is 0.201. The molecule has 2 N–H and O–H groups in total. The molecule has 3 nitrogen and oxygen atoms in total. The van der Waals surface area contributed by atoms with Gasteiger partial charge in [-0.2, -0.15) is 0 Å². The Morgan fingerprint density at radius 1 is 1.33 bits per heavy atom. The SMILES string of the molecule is OCCOc1c[c]cc(CO)c1. The molecule has 0 saturated carbocycles. The second kappa shape index (κ2) is 4.74. The molecule has 0 aliphatic carbocycles. The maximum absolute atomic E-state index is 8.76. The van der Waals surface area contributed by atoms with E-state index in [0.717, 1.165) is 5.56 Å². The summed E-state index contributed by atoms with van der Waals surface area (Å²) >= 11 is 0. The quantitative estimate of drug-likeness (QED) is 0.680. The van der Waals surface area contributed by atoms with Gasteiger partial charge in [0, 0.05) is 0 Å². The Morgan fingerprint density at radius 2 is 2.17 bits per heavy atom. The van der Waals surface area contributed by atoms with Crippen molar-refractivity contribution in [2.75, 3.05) is 13.2 Å². The van der Waals surface area contributed by atoms with Crippen LogP contribution in [0.1, 0.15) is 5.56 Å². The molecule has 0 saturated heterocycles. The van der Waals surface area contributed by atoms with Gasteiger partial charge >= 0.3 is 0 Å². The first-order valence-corrected chi connectivity index (χ1v) is 3.71. The van der Waals surface area contributed by atoms with Crippen LogP contribution in [0.2, 0.25) is 0 Å². The predicted octanol–water partition coefficient (Wildman–Crippen LogP) is 0.350. The van der Waals surface area contributed by atoms with Gasteiger partial charge in [0.15, 0.2) is 0 Å². The molecule has 0 aliphatic rings. The monoisotopic (exact) mass is 167 g/mol. The minimum atomic E-state index is -0.0210. The number of rotatable bonds is 4. The molecular formula is C9H11O3. The van der Waals surface area contributed by atoms with Gasteiger partial charge in [0.25, 0.3) is 0 Å². The first-order valence-electron chi connectivity index (χ1n) is 3.71. The predicted molar refractivity (Wildman–Crippen MR) is 43.8 cm³/mol. The zero-order chi connectivity index (χ0) is 8.81. The molecule has 0 heterocycles. The normalized spacial score (nSPS) is 9.83. The van der Waals surface area contributed by atoms with Gasteiger partial charge in [-0.05, 0) is 29.8 Å². The van der Waals surface area contributed by atoms with E-state index in [1.54, 1.807) is 18.2 Å². The summed E-state index contributed by atoms with van der Waals surface area (Å²) in [6, 6.07) is 7.89. The number of aliphatic hydroxyl groups is 2. The summed E-state index contributed by atoms with van der Waals surface area (Å²) in [7, 11) is 0. The Balaban J connectivity index is 2.60. The summed E-state index contributed by atoms with van der Waals surface area (Å²) in [5, 5.41) is 17.2. The highest BCUT2D eigenvalue weighted by Gasteiger charge is 1.94. The Hall–Kier alpha value is -1.06. The van der Waals surface area contributed by atoms with Gasteiger partial charge in [0.05, 0.1) is 13.2 Å². The zero-order valence-corrected chi connectivity index (χ0v) is 6.66. The molecule has 0 aliphatic heterocycles. The average molecular weight is 167 g/mol. The van der Waals surface area contributed by atoms with Gasteiger partial charge in [-0.3, -0.25) is 0 Å². The maximum atomic E-state index is 8.76. The van der Waals surface area contributed by atoms with Crippen molar-refractivity contribution < 1.29 is 14.9 Å². The highest BCUT2D eigenvalue weighted by Crippen LogP contribution is 2.12. The Morgan fingerprint density at radius 3 is 2.83 bits per heavy atom. The largest absolute Gasteiger partial charge is 0.491 e. The van der Waals surface area contributed by atoms with Gasteiger partial charge in [0.2, 0.25) is 0 Å². The van der Waals surface area contributed by atoms with Crippen molar-refractivity contribution in [3.05, 3.63) is 29.8 Å². The van der Waals surface area contributed by atoms with Gasteiger partial charge < -0.3 is 14.9 Å². The molecule has 0 amide bonds. The van der Waals surface area contributed by atoms with Gasteiger partial charge in [-0.25, -0.2) is 0 Å². The fourth-order valence-corrected chi connectivity index (χ4v) is 0.835. The fourth-order valence-electron chi connectivity index (χ4n) is 0.835. The van der Waals surface area contributed by atoms with E-state index in [0.29, 0.717) is 5.75 Å². The lowest BCUT2D eigenvalue weighted by Crippen LogP contribution is -2.01. The van der Waals surface area contributed by atoms with Gasteiger partial charge in [-0.15, -0.1) is 0 Å². The highest BCUT2D eigenvalue weighted by atomic mass is 16.5. The Labute approximate surface area is 71.2 Å². The molecule has 0 fully saturated rings. The van der Waals surface area contributed by atoms with Crippen molar-refractivity contribution >= 4 is 0 Å². The zero-order valence-electron chi connectivity index (χ0n) is 6.66. The molecule has 1 aromatic rings. The van der Waals surface area contributed by atoms with Crippen LogP contribution in [0.4, 0.5) is 0 Å². The molecule has 0 spiro atoms. The summed E-state index contributed by atoms with van der Waals surface area (Å²) in [6.07, 6.45) is 0. The molecule has 0 bridgehead atoms. The van der Waals surface area contributed by atoms with Crippen molar-refractivity contribution in [1.29, 1.82) is 0 Å². The maximum Gasteiger partial charge on any atom is 0.120 e. The first-order chi connectivity index (χ1) is 5.86. The van der Waals surface area contributed by atoms with Crippen LogP contribution in [0.5, 0.6) is 5.75 Å². The molecule has 0 unspecified atom stereocenters. The molecule has 1 radical (unpaired) electrons. The summed E-state index contributed by atoms with van der Waals surface area (Å²) in [5.74, 6) is 0.621. The van der Waals surface area contributed by atoms with Crippen LogP contribution in [0.15, 0.2) is 18.2 Å². The van der Waals surface area contributed by atoms with Crippen LogP contribution in [-0.4, -0.2) is 23.4 Å². The van der Waals surface area contributed by atoms with Crippen molar-refractivity contribution in [3.63, 3.8) is 0 Å². The number of aliphatic hydroxyl groups excluding tert-OH is 2. The molecule has 1 aromatic carbocycles. The van der Waals surface area contributed by atoms with E-state index >= 15 is 0 Å². The van der Waals surface area contributed by atoms with E-state index in [-0.39, 0.29) is 19.8 Å². The van der Waals surface area contributed by atoms with Crippen LogP contribution in [0, 0.1) is 6.07 Å². The van der Waals surface area contributed by atoms with Crippen LogP contribution >= 0.6 is 0 Å². The molecule has 0 aromatic heterocycles. The van der Waals surface area contributed by atoms with Gasteiger partial charge in [0.1, 0.15) is 12.4 Å². The summed E-state index contributed by atoms with van der Waals surface area (Å²) in [4.78, 5) is 0. The lowest BCUT2D eigenvalue weighted by atomic mass is 10.2. The molecule has 1 rings (SSSR count). The summed E-state index contributed by atoms with van der Waals surface area (Å²) in [5.41, 5.74) is 0.755. The minimum Gasteiger partial charge on any atom is -0.491 e. The third-order valence-electron chi connectivity index (χ3n) is 1.36. The first kappa shape index (κ1) is 9.03. The van der Waals surface area contributed by atoms with E-state index in [9.17, 15) is 0 Å². The van der Waals surface area contributed by atoms with Crippen LogP contribution in [0.25, 0.3) is 0 Å². The van der Waals surface area contributed by atoms with Gasteiger partial charge in [-0.1, -0.05) is 0 Å². The third kappa shape index (κ3) is 2.53. The van der Waals surface area contributed by atoms with Crippen molar-refractivity contribution in [2.45, 2.75) is 6.61 Å². The lowest BCUT2D eigenvalue weighted by Gasteiger charge is -2.04. The number of benzene rings is 1. The van der Waals surface area contributed by atoms with Crippen LogP contribution in [0.3, 0.4) is 0 Å². The van der Waals surface area contributed by atoms with E-state index in [4.69, 9.17) is 14.9 Å². The van der Waals surface area contributed by atoms with Crippen molar-refractivity contribution in [1.82, 2.24) is 0 Å². The second-order valence-electron chi connectivity index (χ2n) is 2.31. The fraction of sp³-hybridized carbons (Fsp3) is 0.333. The van der Waals surface area contributed by atoms with E-state index in [1.807, 2.05) is 0 Å². The van der Waals surface area contributed by atoms with Crippen LogP contribution < -0.4 is 4.74 Å². The number of hydrogen-bond acceptors (Lipinski definition) is 3. The van der Waals surface area contributed by atoms with E-state index < -0.39 is 0 Å². The minimum absolute atomic E-state index is 0.0106. The molecule has 12 heavy (non-hydrogen) atoms. The molecular weight excluding hydrogens is 156 g/mol. The smallest absolute Gasteiger partial charge is 0.120 e. The molecule has 3 heteroatoms. The standard InChI is InChI=1S/C9H11O3/c10-4-5-12-9-3-1-2-8(6-9)7-11/h2-3,6,10-11H,4-5,7H2. The Bertz CT molecular complexity index is 235. The topological polar surface area (TPSA) is 49.7 Å². The third-order valence-corrected chi connectivity index (χ3v) is 1.36. The number of ether oxygens (including phenoxy) is 1. The summed E-state index contributed by atoms with van der Waals surface area (Å²) < 4.78 is 5.11. The Kier molecular flexibility index (Phi) is 3.57. The van der Waals surface area contributed by atoms with Crippen molar-refractivity contribution in [2.24, 2.45) is 0 Å². The highest BCUT2D eigenvalue weighted by molar-refractivity contribution is 5.27.